The summed E-state index contributed by atoms with van der Waals surface area (Å²) < 4.78 is 27.0. The first kappa shape index (κ1) is 21.8. The van der Waals surface area contributed by atoms with Gasteiger partial charge in [0.2, 0.25) is 9.84 Å². The second kappa shape index (κ2) is 8.26. The molecule has 0 bridgehead atoms. The fourth-order valence-electron chi connectivity index (χ4n) is 3.65. The Morgan fingerprint density at radius 3 is 2.09 bits per heavy atom. The summed E-state index contributed by atoms with van der Waals surface area (Å²) in [7, 11) is -4.21. The number of ketones is 1. The third-order valence-corrected chi connectivity index (χ3v) is 7.38. The van der Waals surface area contributed by atoms with Crippen LogP contribution in [0.3, 0.4) is 0 Å². The lowest BCUT2D eigenvalue weighted by molar-refractivity contribution is -0.117. The topological polar surface area (TPSA) is 91.8 Å². The first-order valence-electron chi connectivity index (χ1n) is 9.65. The molecule has 8 heteroatoms. The zero-order chi connectivity index (χ0) is 23.0. The molecule has 0 aliphatic carbocycles. The van der Waals surface area contributed by atoms with Crippen LogP contribution in [0.25, 0.3) is 0 Å². The highest BCUT2D eigenvalue weighted by Crippen LogP contribution is 2.44. The second-order valence-corrected chi connectivity index (χ2v) is 9.62. The minimum atomic E-state index is -4.21. The van der Waals surface area contributed by atoms with Crippen LogP contribution in [-0.2, 0) is 14.6 Å². The summed E-state index contributed by atoms with van der Waals surface area (Å²) in [6.45, 7) is 1.42. The van der Waals surface area contributed by atoms with Crippen LogP contribution in [0, 0.1) is 0 Å². The van der Waals surface area contributed by atoms with Crippen LogP contribution < -0.4 is 4.90 Å². The monoisotopic (exact) mass is 467 g/mol. The number of sulfone groups is 1. The molecule has 0 saturated heterocycles. The molecule has 1 unspecified atom stereocenters. The van der Waals surface area contributed by atoms with Gasteiger partial charge in [0, 0.05) is 16.3 Å². The summed E-state index contributed by atoms with van der Waals surface area (Å²) in [5, 5.41) is 11.2. The lowest BCUT2D eigenvalue weighted by Crippen LogP contribution is -2.31. The maximum atomic E-state index is 13.5. The van der Waals surface area contributed by atoms with Gasteiger partial charge in [-0.25, -0.2) is 8.42 Å². The van der Waals surface area contributed by atoms with E-state index in [1.165, 1.54) is 24.0 Å². The SMILES string of the molecule is CC(=O)c1ccc(N2C(=O)C(O)=C(S(=O)(=O)c3ccccc3)C2c2ccc(Cl)cc2)cc1. The highest BCUT2D eigenvalue weighted by Gasteiger charge is 2.47. The first-order valence-corrected chi connectivity index (χ1v) is 11.5. The van der Waals surface area contributed by atoms with E-state index in [2.05, 4.69) is 0 Å². The highest BCUT2D eigenvalue weighted by atomic mass is 35.5. The average Bonchev–Trinajstić information content (AvgIpc) is 3.06. The molecule has 1 amide bonds. The molecule has 32 heavy (non-hydrogen) atoms. The Labute approximate surface area is 190 Å². The van der Waals surface area contributed by atoms with Gasteiger partial charge in [-0.3, -0.25) is 14.5 Å². The van der Waals surface area contributed by atoms with Gasteiger partial charge in [0.15, 0.2) is 11.5 Å². The van der Waals surface area contributed by atoms with Gasteiger partial charge >= 0.3 is 0 Å². The van der Waals surface area contributed by atoms with Crippen molar-refractivity contribution in [3.63, 3.8) is 0 Å². The average molecular weight is 468 g/mol. The number of Topliss-reactive ketones (excluding diaryl/α,β-unsaturated/α-hetero) is 1. The van der Waals surface area contributed by atoms with Crippen molar-refractivity contribution < 1.29 is 23.1 Å². The Kier molecular flexibility index (Phi) is 5.62. The Bertz CT molecular complexity index is 1330. The first-order chi connectivity index (χ1) is 15.2. The number of carbonyl (C=O) groups excluding carboxylic acids is 2. The van der Waals surface area contributed by atoms with Crippen LogP contribution in [0.2, 0.25) is 5.02 Å². The van der Waals surface area contributed by atoms with Crippen LogP contribution >= 0.6 is 11.6 Å². The van der Waals surface area contributed by atoms with Crippen molar-refractivity contribution in [3.05, 3.63) is 106 Å². The molecule has 0 spiro atoms. The molecular formula is C24H18ClNO5S. The van der Waals surface area contributed by atoms with E-state index in [0.29, 0.717) is 21.8 Å². The Morgan fingerprint density at radius 1 is 0.938 bits per heavy atom. The smallest absolute Gasteiger partial charge is 0.295 e. The van der Waals surface area contributed by atoms with Crippen LogP contribution in [0.5, 0.6) is 0 Å². The van der Waals surface area contributed by atoms with E-state index in [4.69, 9.17) is 11.6 Å². The van der Waals surface area contributed by atoms with Crippen LogP contribution in [-0.4, -0.2) is 25.2 Å². The van der Waals surface area contributed by atoms with Gasteiger partial charge in [-0.2, -0.15) is 0 Å². The number of amides is 1. The number of halogens is 1. The summed E-state index contributed by atoms with van der Waals surface area (Å²) >= 11 is 6.01. The van der Waals surface area contributed by atoms with E-state index in [0.717, 1.165) is 0 Å². The molecule has 3 aromatic carbocycles. The predicted molar refractivity (Wildman–Crippen MR) is 121 cm³/mol. The van der Waals surface area contributed by atoms with Gasteiger partial charge in [0.1, 0.15) is 10.9 Å². The standard InChI is InChI=1S/C24H18ClNO5S/c1-15(27)16-9-13-19(14-10-16)26-21(17-7-11-18(25)12-8-17)23(22(28)24(26)29)32(30,31)20-5-3-2-4-6-20/h2-14,21,28H,1H3. The van der Waals surface area contributed by atoms with E-state index in [1.807, 2.05) is 0 Å². The normalized spacial score (nSPS) is 16.5. The van der Waals surface area contributed by atoms with Gasteiger partial charge in [-0.15, -0.1) is 0 Å². The van der Waals surface area contributed by atoms with Gasteiger partial charge in [0.25, 0.3) is 5.91 Å². The molecule has 0 fully saturated rings. The fraction of sp³-hybridized carbons (Fsp3) is 0.0833. The maximum absolute atomic E-state index is 13.5. The van der Waals surface area contributed by atoms with Crippen LogP contribution in [0.1, 0.15) is 28.9 Å². The molecule has 162 valence electrons. The minimum absolute atomic E-state index is 0.0397. The van der Waals surface area contributed by atoms with E-state index in [9.17, 15) is 23.1 Å². The largest absolute Gasteiger partial charge is 0.502 e. The lowest BCUT2D eigenvalue weighted by Gasteiger charge is -2.27. The summed E-state index contributed by atoms with van der Waals surface area (Å²) in [6.07, 6.45) is 0. The van der Waals surface area contributed by atoms with Crippen molar-refractivity contribution in [3.8, 4) is 0 Å². The molecule has 1 heterocycles. The van der Waals surface area contributed by atoms with Crippen molar-refractivity contribution in [1.29, 1.82) is 0 Å². The minimum Gasteiger partial charge on any atom is -0.502 e. The number of benzene rings is 3. The second-order valence-electron chi connectivity index (χ2n) is 7.26. The van der Waals surface area contributed by atoms with E-state index in [1.54, 1.807) is 66.7 Å². The number of rotatable bonds is 5. The molecule has 1 atom stereocenters. The number of carbonyl (C=O) groups is 2. The molecule has 1 N–H and O–H groups in total. The third kappa shape index (κ3) is 3.70. The summed E-state index contributed by atoms with van der Waals surface area (Å²) in [5.74, 6) is -1.84. The molecule has 1 aliphatic heterocycles. The number of aliphatic hydroxyl groups excluding tert-OH is 1. The van der Waals surface area contributed by atoms with Gasteiger partial charge < -0.3 is 5.11 Å². The van der Waals surface area contributed by atoms with E-state index >= 15 is 0 Å². The molecule has 4 rings (SSSR count). The summed E-state index contributed by atoms with van der Waals surface area (Å²) in [4.78, 5) is 25.5. The molecule has 1 aliphatic rings. The molecular weight excluding hydrogens is 450 g/mol. The van der Waals surface area contributed by atoms with Crippen molar-refractivity contribution >= 4 is 38.8 Å². The Balaban J connectivity index is 1.91. The number of hydrogen-bond donors (Lipinski definition) is 1. The molecule has 6 nitrogen and oxygen atoms in total. The fourth-order valence-corrected chi connectivity index (χ4v) is 5.43. The van der Waals surface area contributed by atoms with Crippen molar-refractivity contribution in [2.24, 2.45) is 0 Å². The van der Waals surface area contributed by atoms with Gasteiger partial charge in [-0.05, 0) is 61.0 Å². The third-order valence-electron chi connectivity index (χ3n) is 5.24. The number of nitrogens with zero attached hydrogens (tertiary/aromatic N) is 1. The van der Waals surface area contributed by atoms with Crippen LogP contribution in [0.15, 0.2) is 94.4 Å². The Morgan fingerprint density at radius 2 is 1.53 bits per heavy atom. The molecule has 3 aromatic rings. The maximum Gasteiger partial charge on any atom is 0.295 e. The molecule has 0 saturated carbocycles. The zero-order valence-corrected chi connectivity index (χ0v) is 18.5. The quantitative estimate of drug-likeness (QED) is 0.540. The number of aliphatic hydroxyl groups is 1. The van der Waals surface area contributed by atoms with Crippen LogP contribution in [0.4, 0.5) is 5.69 Å². The van der Waals surface area contributed by atoms with Crippen molar-refractivity contribution in [1.82, 2.24) is 0 Å². The van der Waals surface area contributed by atoms with Gasteiger partial charge in [-0.1, -0.05) is 41.9 Å². The zero-order valence-electron chi connectivity index (χ0n) is 16.9. The lowest BCUT2D eigenvalue weighted by atomic mass is 10.1. The van der Waals surface area contributed by atoms with Crippen molar-refractivity contribution in [2.45, 2.75) is 17.9 Å². The van der Waals surface area contributed by atoms with E-state index < -0.39 is 32.5 Å². The van der Waals surface area contributed by atoms with Crippen molar-refractivity contribution in [2.75, 3.05) is 4.90 Å². The van der Waals surface area contributed by atoms with Gasteiger partial charge in [0.05, 0.1) is 4.90 Å². The predicted octanol–water partition coefficient (Wildman–Crippen LogP) is 4.87. The molecule has 0 radical (unpaired) electrons. The summed E-state index contributed by atoms with van der Waals surface area (Å²) in [6, 6.07) is 19.1. The number of hydrogen-bond acceptors (Lipinski definition) is 5. The number of anilines is 1. The van der Waals surface area contributed by atoms with E-state index in [-0.39, 0.29) is 10.7 Å². The summed E-state index contributed by atoms with van der Waals surface area (Å²) in [5.41, 5.74) is 1.24. The highest BCUT2D eigenvalue weighted by molar-refractivity contribution is 7.95. The molecule has 0 aromatic heterocycles. The Hall–Kier alpha value is -3.42.